The van der Waals surface area contributed by atoms with Crippen molar-refractivity contribution in [3.05, 3.63) is 57.0 Å². The van der Waals surface area contributed by atoms with E-state index in [0.29, 0.717) is 22.0 Å². The van der Waals surface area contributed by atoms with Gasteiger partial charge in [-0.05, 0) is 42.8 Å². The van der Waals surface area contributed by atoms with Crippen LogP contribution in [-0.4, -0.2) is 13.0 Å². The highest BCUT2D eigenvalue weighted by atomic mass is 79.9. The molecule has 0 unspecified atom stereocenters. The maximum atomic E-state index is 12.2. The number of ether oxygens (including phenoxy) is 1. The van der Waals surface area contributed by atoms with E-state index in [1.54, 1.807) is 31.4 Å². The largest absolute Gasteiger partial charge is 0.495 e. The van der Waals surface area contributed by atoms with E-state index in [0.717, 1.165) is 10.0 Å². The molecular formula is C15H13BrClNO2. The molecule has 0 aliphatic carbocycles. The maximum absolute atomic E-state index is 12.2. The molecule has 20 heavy (non-hydrogen) atoms. The Balaban J connectivity index is 2.23. The summed E-state index contributed by atoms with van der Waals surface area (Å²) in [5.74, 6) is 0.397. The van der Waals surface area contributed by atoms with Gasteiger partial charge in [-0.3, -0.25) is 4.79 Å². The molecular weight excluding hydrogens is 342 g/mol. The Bertz CT molecular complexity index is 658. The van der Waals surface area contributed by atoms with Crippen molar-refractivity contribution in [2.75, 3.05) is 12.4 Å². The van der Waals surface area contributed by atoms with Crippen LogP contribution >= 0.6 is 27.5 Å². The number of amides is 1. The zero-order valence-corrected chi connectivity index (χ0v) is 13.4. The second-order valence-corrected chi connectivity index (χ2v) is 5.59. The number of anilines is 1. The van der Waals surface area contributed by atoms with Crippen LogP contribution in [0.1, 0.15) is 15.9 Å². The number of nitrogens with one attached hydrogen (secondary N) is 1. The molecule has 0 saturated carbocycles. The molecule has 104 valence electrons. The van der Waals surface area contributed by atoms with Gasteiger partial charge in [-0.2, -0.15) is 0 Å². The molecule has 1 N–H and O–H groups in total. The van der Waals surface area contributed by atoms with Crippen LogP contribution in [0.4, 0.5) is 5.69 Å². The van der Waals surface area contributed by atoms with E-state index in [1.807, 2.05) is 19.1 Å². The fourth-order valence-electron chi connectivity index (χ4n) is 1.78. The number of methoxy groups -OCH3 is 1. The summed E-state index contributed by atoms with van der Waals surface area (Å²) in [5, 5.41) is 3.27. The van der Waals surface area contributed by atoms with Gasteiger partial charge in [0.1, 0.15) is 5.75 Å². The predicted octanol–water partition coefficient (Wildman–Crippen LogP) is 4.67. The first kappa shape index (κ1) is 14.9. The van der Waals surface area contributed by atoms with Crippen LogP contribution in [0.25, 0.3) is 0 Å². The average Bonchev–Trinajstić information content (AvgIpc) is 2.41. The van der Waals surface area contributed by atoms with Crippen molar-refractivity contribution in [3.63, 3.8) is 0 Å². The number of hydrogen-bond acceptors (Lipinski definition) is 2. The van der Waals surface area contributed by atoms with Crippen LogP contribution in [0.5, 0.6) is 5.75 Å². The van der Waals surface area contributed by atoms with Crippen molar-refractivity contribution >= 4 is 39.1 Å². The summed E-state index contributed by atoms with van der Waals surface area (Å²) in [6.45, 7) is 1.89. The molecule has 0 atom stereocenters. The van der Waals surface area contributed by atoms with Gasteiger partial charge < -0.3 is 10.1 Å². The number of benzene rings is 2. The monoisotopic (exact) mass is 353 g/mol. The highest BCUT2D eigenvalue weighted by Crippen LogP contribution is 2.27. The topological polar surface area (TPSA) is 38.3 Å². The third-order valence-electron chi connectivity index (χ3n) is 2.85. The van der Waals surface area contributed by atoms with Gasteiger partial charge in [0.2, 0.25) is 0 Å². The average molecular weight is 355 g/mol. The van der Waals surface area contributed by atoms with Gasteiger partial charge >= 0.3 is 0 Å². The molecule has 0 aromatic heterocycles. The summed E-state index contributed by atoms with van der Waals surface area (Å²) in [4.78, 5) is 12.2. The van der Waals surface area contributed by atoms with Gasteiger partial charge in [-0.1, -0.05) is 33.6 Å². The highest BCUT2D eigenvalue weighted by Gasteiger charge is 2.11. The first-order chi connectivity index (χ1) is 9.51. The van der Waals surface area contributed by atoms with Gasteiger partial charge in [0.05, 0.1) is 12.1 Å². The van der Waals surface area contributed by atoms with E-state index in [4.69, 9.17) is 16.3 Å². The highest BCUT2D eigenvalue weighted by molar-refractivity contribution is 9.10. The molecule has 0 spiro atoms. The third kappa shape index (κ3) is 3.32. The molecule has 0 saturated heterocycles. The standard InChI is InChI=1S/C15H13BrClNO2/c1-9-3-4-10(16)7-12(9)15(19)18-11-5-6-14(20-2)13(17)8-11/h3-8H,1-2H3,(H,18,19). The van der Waals surface area contributed by atoms with Gasteiger partial charge in [0.25, 0.3) is 5.91 Å². The van der Waals surface area contributed by atoms with Gasteiger partial charge in [0, 0.05) is 15.7 Å². The van der Waals surface area contributed by atoms with Crippen molar-refractivity contribution in [2.24, 2.45) is 0 Å². The quantitative estimate of drug-likeness (QED) is 0.869. The summed E-state index contributed by atoms with van der Waals surface area (Å²) >= 11 is 9.39. The summed E-state index contributed by atoms with van der Waals surface area (Å²) in [7, 11) is 1.55. The molecule has 3 nitrogen and oxygen atoms in total. The Labute approximate surface area is 131 Å². The van der Waals surface area contributed by atoms with Crippen LogP contribution in [0.15, 0.2) is 40.9 Å². The summed E-state index contributed by atoms with van der Waals surface area (Å²) in [5.41, 5.74) is 2.15. The first-order valence-corrected chi connectivity index (χ1v) is 7.09. The van der Waals surface area contributed by atoms with Gasteiger partial charge in [0.15, 0.2) is 0 Å². The third-order valence-corrected chi connectivity index (χ3v) is 3.64. The summed E-state index contributed by atoms with van der Waals surface area (Å²) in [6, 6.07) is 10.7. The Kier molecular flexibility index (Phi) is 4.68. The van der Waals surface area contributed by atoms with Crippen molar-refractivity contribution in [2.45, 2.75) is 6.92 Å². The predicted molar refractivity (Wildman–Crippen MR) is 84.8 cm³/mol. The number of aryl methyl sites for hydroxylation is 1. The molecule has 1 amide bonds. The molecule has 0 radical (unpaired) electrons. The maximum Gasteiger partial charge on any atom is 0.255 e. The number of halogens is 2. The molecule has 0 heterocycles. The van der Waals surface area contributed by atoms with E-state index >= 15 is 0 Å². The zero-order chi connectivity index (χ0) is 14.7. The summed E-state index contributed by atoms with van der Waals surface area (Å²) in [6.07, 6.45) is 0. The van der Waals surface area contributed by atoms with Crippen LogP contribution in [-0.2, 0) is 0 Å². The lowest BCUT2D eigenvalue weighted by Crippen LogP contribution is -2.13. The van der Waals surface area contributed by atoms with E-state index in [9.17, 15) is 4.79 Å². The summed E-state index contributed by atoms with van der Waals surface area (Å²) < 4.78 is 5.94. The molecule has 0 fully saturated rings. The van der Waals surface area contributed by atoms with Crippen LogP contribution in [0, 0.1) is 6.92 Å². The minimum Gasteiger partial charge on any atom is -0.495 e. The smallest absolute Gasteiger partial charge is 0.255 e. The Morgan fingerprint density at radius 3 is 2.65 bits per heavy atom. The van der Waals surface area contributed by atoms with Crippen LogP contribution < -0.4 is 10.1 Å². The zero-order valence-electron chi connectivity index (χ0n) is 11.0. The minimum absolute atomic E-state index is 0.176. The lowest BCUT2D eigenvalue weighted by atomic mass is 10.1. The van der Waals surface area contributed by atoms with Crippen molar-refractivity contribution < 1.29 is 9.53 Å². The van der Waals surface area contributed by atoms with Crippen LogP contribution in [0.2, 0.25) is 5.02 Å². The van der Waals surface area contributed by atoms with Gasteiger partial charge in [-0.25, -0.2) is 0 Å². The molecule has 0 aliphatic rings. The van der Waals surface area contributed by atoms with E-state index in [2.05, 4.69) is 21.2 Å². The van der Waals surface area contributed by atoms with E-state index < -0.39 is 0 Å². The van der Waals surface area contributed by atoms with Crippen molar-refractivity contribution in [3.8, 4) is 5.75 Å². The Morgan fingerprint density at radius 2 is 2.00 bits per heavy atom. The second-order valence-electron chi connectivity index (χ2n) is 4.26. The van der Waals surface area contributed by atoms with E-state index in [1.165, 1.54) is 0 Å². The Morgan fingerprint density at radius 1 is 1.25 bits per heavy atom. The second kappa shape index (κ2) is 6.29. The SMILES string of the molecule is COc1ccc(NC(=O)c2cc(Br)ccc2C)cc1Cl. The number of carbonyl (C=O) groups is 1. The minimum atomic E-state index is -0.176. The Hall–Kier alpha value is -1.52. The van der Waals surface area contributed by atoms with Gasteiger partial charge in [-0.15, -0.1) is 0 Å². The lowest BCUT2D eigenvalue weighted by Gasteiger charge is -2.10. The van der Waals surface area contributed by atoms with Crippen molar-refractivity contribution in [1.82, 2.24) is 0 Å². The molecule has 2 aromatic carbocycles. The molecule has 2 aromatic rings. The number of carbonyl (C=O) groups excluding carboxylic acids is 1. The normalized spacial score (nSPS) is 10.2. The molecule has 0 aliphatic heterocycles. The number of hydrogen-bond donors (Lipinski definition) is 1. The van der Waals surface area contributed by atoms with Crippen molar-refractivity contribution in [1.29, 1.82) is 0 Å². The first-order valence-electron chi connectivity index (χ1n) is 5.92. The fraction of sp³-hybridized carbons (Fsp3) is 0.133. The molecule has 2 rings (SSSR count). The number of rotatable bonds is 3. The molecule has 5 heteroatoms. The lowest BCUT2D eigenvalue weighted by molar-refractivity contribution is 0.102. The fourth-order valence-corrected chi connectivity index (χ4v) is 2.40. The van der Waals surface area contributed by atoms with Crippen LogP contribution in [0.3, 0.4) is 0 Å². The van der Waals surface area contributed by atoms with E-state index in [-0.39, 0.29) is 5.91 Å². The molecule has 0 bridgehead atoms.